The molecule has 11 heteroatoms. The Morgan fingerprint density at radius 1 is 1.43 bits per heavy atom. The average Bonchev–Trinajstić information content (AvgIpc) is 2.44. The van der Waals surface area contributed by atoms with Gasteiger partial charge in [0.25, 0.3) is 5.69 Å². The number of benzene rings is 1. The van der Waals surface area contributed by atoms with E-state index in [1.54, 1.807) is 6.92 Å². The van der Waals surface area contributed by atoms with Gasteiger partial charge in [0.1, 0.15) is 4.90 Å². The van der Waals surface area contributed by atoms with Crippen molar-refractivity contribution in [1.82, 2.24) is 10.0 Å². The van der Waals surface area contributed by atoms with E-state index in [0.29, 0.717) is 6.54 Å². The number of hydrogen-bond acceptors (Lipinski definition) is 7. The Balaban J connectivity index is 3.02. The first kappa shape index (κ1) is 16.8. The molecule has 0 bridgehead atoms. The largest absolute Gasteiger partial charge is 0.355 e. The Kier molecular flexibility index (Phi) is 5.58. The van der Waals surface area contributed by atoms with Gasteiger partial charge in [-0.1, -0.05) is 0 Å². The van der Waals surface area contributed by atoms with E-state index in [1.165, 1.54) is 0 Å². The number of nitrogens with two attached hydrogens (primary N) is 1. The van der Waals surface area contributed by atoms with Crippen LogP contribution in [0, 0.1) is 10.1 Å². The van der Waals surface area contributed by atoms with Crippen molar-refractivity contribution in [3.63, 3.8) is 0 Å². The van der Waals surface area contributed by atoms with E-state index in [9.17, 15) is 23.3 Å². The number of anilines is 1. The number of rotatable bonds is 7. The van der Waals surface area contributed by atoms with Crippen LogP contribution in [0.15, 0.2) is 23.1 Å². The molecule has 10 nitrogen and oxygen atoms in total. The first-order valence-corrected chi connectivity index (χ1v) is 7.31. The van der Waals surface area contributed by atoms with Crippen molar-refractivity contribution in [2.24, 2.45) is 5.84 Å². The number of nitrogens with zero attached hydrogens (tertiary/aromatic N) is 1. The summed E-state index contributed by atoms with van der Waals surface area (Å²) in [6, 6.07) is 3.05. The number of hydrogen-bond donors (Lipinski definition) is 4. The second kappa shape index (κ2) is 6.97. The van der Waals surface area contributed by atoms with Crippen LogP contribution in [-0.4, -0.2) is 32.3 Å². The molecular formula is C10H15N5O5S. The standard InChI is InChI=1S/C10H15N5O5S/c1-2-12-10(16)6-13-21(19,20)9-4-3-7(15(17)18)5-8(9)14-11/h3-5,13-14H,2,6,11H2,1H3,(H,12,16). The maximum Gasteiger partial charge on any atom is 0.271 e. The lowest BCUT2D eigenvalue weighted by molar-refractivity contribution is -0.384. The monoisotopic (exact) mass is 317 g/mol. The number of nitrogens with one attached hydrogen (secondary N) is 3. The van der Waals surface area contributed by atoms with Gasteiger partial charge in [-0.15, -0.1) is 0 Å². The Morgan fingerprint density at radius 3 is 2.62 bits per heavy atom. The van der Waals surface area contributed by atoms with E-state index >= 15 is 0 Å². The molecule has 1 aromatic carbocycles. The highest BCUT2D eigenvalue weighted by molar-refractivity contribution is 7.89. The number of sulfonamides is 1. The summed E-state index contributed by atoms with van der Waals surface area (Å²) in [5.74, 6) is 4.68. The SMILES string of the molecule is CCNC(=O)CNS(=O)(=O)c1ccc([N+](=O)[O-])cc1NN. The summed E-state index contributed by atoms with van der Waals surface area (Å²) in [6.07, 6.45) is 0. The van der Waals surface area contributed by atoms with Gasteiger partial charge in [-0.05, 0) is 13.0 Å². The van der Waals surface area contributed by atoms with Crippen LogP contribution >= 0.6 is 0 Å². The number of nitrogen functional groups attached to an aromatic ring is 1. The molecule has 0 saturated heterocycles. The minimum atomic E-state index is -4.03. The number of nitro groups is 1. The highest BCUT2D eigenvalue weighted by Gasteiger charge is 2.21. The predicted molar refractivity (Wildman–Crippen MR) is 74.8 cm³/mol. The molecule has 0 aliphatic rings. The van der Waals surface area contributed by atoms with E-state index in [0.717, 1.165) is 18.2 Å². The van der Waals surface area contributed by atoms with Gasteiger partial charge in [0.05, 0.1) is 17.2 Å². The Labute approximate surface area is 120 Å². The second-order valence-corrected chi connectivity index (χ2v) is 5.60. The molecule has 116 valence electrons. The molecule has 0 fully saturated rings. The van der Waals surface area contributed by atoms with Crippen LogP contribution in [0.4, 0.5) is 11.4 Å². The van der Waals surface area contributed by atoms with E-state index in [2.05, 4.69) is 15.5 Å². The summed E-state index contributed by atoms with van der Waals surface area (Å²) in [6.45, 7) is 1.62. The summed E-state index contributed by atoms with van der Waals surface area (Å²) >= 11 is 0. The zero-order valence-electron chi connectivity index (χ0n) is 11.1. The number of carbonyl (C=O) groups excluding carboxylic acids is 1. The lowest BCUT2D eigenvalue weighted by Gasteiger charge is -2.10. The van der Waals surface area contributed by atoms with Crippen LogP contribution in [0.25, 0.3) is 0 Å². The fourth-order valence-corrected chi connectivity index (χ4v) is 2.61. The quantitative estimate of drug-likeness (QED) is 0.294. The fraction of sp³-hybridized carbons (Fsp3) is 0.300. The minimum Gasteiger partial charge on any atom is -0.355 e. The number of likely N-dealkylation sites (N-methyl/N-ethyl adjacent to an activating group) is 1. The molecule has 0 atom stereocenters. The number of nitro benzene ring substituents is 1. The maximum atomic E-state index is 12.0. The van der Waals surface area contributed by atoms with Gasteiger partial charge in [0, 0.05) is 18.7 Å². The van der Waals surface area contributed by atoms with Gasteiger partial charge in [-0.2, -0.15) is 0 Å². The van der Waals surface area contributed by atoms with Crippen LogP contribution in [0.1, 0.15) is 6.92 Å². The van der Waals surface area contributed by atoms with Crippen LogP contribution in [-0.2, 0) is 14.8 Å². The average molecular weight is 317 g/mol. The number of hydrazine groups is 1. The lowest BCUT2D eigenvalue weighted by atomic mass is 10.3. The smallest absolute Gasteiger partial charge is 0.271 e. The summed E-state index contributed by atoms with van der Waals surface area (Å²) in [5.41, 5.74) is 1.63. The molecular weight excluding hydrogens is 302 g/mol. The molecule has 0 aromatic heterocycles. The van der Waals surface area contributed by atoms with Gasteiger partial charge in [0.15, 0.2) is 0 Å². The van der Waals surface area contributed by atoms with Crippen molar-refractivity contribution in [2.75, 3.05) is 18.5 Å². The molecule has 0 aliphatic carbocycles. The van der Waals surface area contributed by atoms with Gasteiger partial charge in [0.2, 0.25) is 15.9 Å². The van der Waals surface area contributed by atoms with Crippen LogP contribution in [0.2, 0.25) is 0 Å². The molecule has 0 radical (unpaired) electrons. The summed E-state index contributed by atoms with van der Waals surface area (Å²) in [5, 5.41) is 13.1. The molecule has 5 N–H and O–H groups in total. The van der Waals surface area contributed by atoms with Crippen LogP contribution in [0.3, 0.4) is 0 Å². The second-order valence-electron chi connectivity index (χ2n) is 3.86. The predicted octanol–water partition coefficient (Wildman–Crippen LogP) is -0.705. The molecule has 21 heavy (non-hydrogen) atoms. The number of non-ortho nitro benzene ring substituents is 1. The fourth-order valence-electron chi connectivity index (χ4n) is 1.48. The first-order chi connectivity index (χ1) is 9.81. The molecule has 0 spiro atoms. The van der Waals surface area contributed by atoms with E-state index in [-0.39, 0.29) is 16.3 Å². The first-order valence-electron chi connectivity index (χ1n) is 5.83. The van der Waals surface area contributed by atoms with Crippen LogP contribution < -0.4 is 21.3 Å². The topological polar surface area (TPSA) is 156 Å². The molecule has 1 aromatic rings. The zero-order chi connectivity index (χ0) is 16.0. The van der Waals surface area contributed by atoms with Crippen molar-refractivity contribution in [2.45, 2.75) is 11.8 Å². The van der Waals surface area contributed by atoms with E-state index in [4.69, 9.17) is 5.84 Å². The van der Waals surface area contributed by atoms with Gasteiger partial charge in [-0.3, -0.25) is 20.8 Å². The van der Waals surface area contributed by atoms with E-state index in [1.807, 2.05) is 0 Å². The Bertz CT molecular complexity index is 645. The van der Waals surface area contributed by atoms with Crippen molar-refractivity contribution in [1.29, 1.82) is 0 Å². The number of carbonyl (C=O) groups is 1. The highest BCUT2D eigenvalue weighted by atomic mass is 32.2. The minimum absolute atomic E-state index is 0.146. The molecule has 1 amide bonds. The molecule has 1 rings (SSSR count). The van der Waals surface area contributed by atoms with Gasteiger partial charge >= 0.3 is 0 Å². The third-order valence-corrected chi connectivity index (χ3v) is 3.88. The lowest BCUT2D eigenvalue weighted by Crippen LogP contribution is -2.37. The van der Waals surface area contributed by atoms with Gasteiger partial charge < -0.3 is 10.7 Å². The summed E-state index contributed by atoms with van der Waals surface area (Å²) in [4.78, 5) is 20.9. The molecule has 0 heterocycles. The summed E-state index contributed by atoms with van der Waals surface area (Å²) in [7, 11) is -4.03. The maximum absolute atomic E-state index is 12.0. The van der Waals surface area contributed by atoms with Gasteiger partial charge in [-0.25, -0.2) is 13.1 Å². The zero-order valence-corrected chi connectivity index (χ0v) is 11.9. The summed E-state index contributed by atoms with van der Waals surface area (Å²) < 4.78 is 26.2. The van der Waals surface area contributed by atoms with Crippen LogP contribution in [0.5, 0.6) is 0 Å². The normalized spacial score (nSPS) is 11.0. The molecule has 0 unspecified atom stereocenters. The number of amides is 1. The van der Waals surface area contributed by atoms with Crippen molar-refractivity contribution in [3.8, 4) is 0 Å². The van der Waals surface area contributed by atoms with Crippen molar-refractivity contribution < 1.29 is 18.1 Å². The Hall–Kier alpha value is -2.24. The van der Waals surface area contributed by atoms with Crippen molar-refractivity contribution in [3.05, 3.63) is 28.3 Å². The Morgan fingerprint density at radius 2 is 2.10 bits per heavy atom. The third-order valence-electron chi connectivity index (χ3n) is 2.42. The van der Waals surface area contributed by atoms with E-state index < -0.39 is 27.4 Å². The molecule has 0 saturated carbocycles. The van der Waals surface area contributed by atoms with Crippen molar-refractivity contribution >= 4 is 27.3 Å². The third kappa shape index (κ3) is 4.37. The highest BCUT2D eigenvalue weighted by Crippen LogP contribution is 2.25. The molecule has 0 aliphatic heterocycles.